The van der Waals surface area contributed by atoms with Crippen LogP contribution in [0.25, 0.3) is 0 Å². The third kappa shape index (κ3) is 3.31. The van der Waals surface area contributed by atoms with E-state index in [1.54, 1.807) is 6.07 Å². The molecule has 1 saturated carbocycles. The molecule has 5 heteroatoms. The number of anilines is 1. The zero-order chi connectivity index (χ0) is 13.3. The van der Waals surface area contributed by atoms with Crippen LogP contribution >= 0.6 is 11.6 Å². The van der Waals surface area contributed by atoms with Crippen molar-refractivity contribution < 1.29 is 13.2 Å². The van der Waals surface area contributed by atoms with Crippen molar-refractivity contribution >= 4 is 17.3 Å². The summed E-state index contributed by atoms with van der Waals surface area (Å²) in [5.41, 5.74) is -0.252. The molecule has 0 saturated heterocycles. The summed E-state index contributed by atoms with van der Waals surface area (Å²) in [5.74, 6) is 0.628. The predicted molar refractivity (Wildman–Crippen MR) is 66.9 cm³/mol. The molecule has 1 aromatic carbocycles. The van der Waals surface area contributed by atoms with Crippen LogP contribution in [-0.4, -0.2) is 6.04 Å². The number of benzene rings is 1. The number of rotatable bonds is 2. The van der Waals surface area contributed by atoms with E-state index in [9.17, 15) is 13.2 Å². The minimum Gasteiger partial charge on any atom is -0.382 e. The van der Waals surface area contributed by atoms with Crippen LogP contribution in [0.4, 0.5) is 18.9 Å². The second-order valence-electron chi connectivity index (χ2n) is 4.99. The smallest absolute Gasteiger partial charge is 0.382 e. The molecule has 0 heterocycles. The quantitative estimate of drug-likeness (QED) is 0.806. The Balaban J connectivity index is 2.15. The zero-order valence-electron chi connectivity index (χ0n) is 10.0. The molecule has 0 bridgehead atoms. The van der Waals surface area contributed by atoms with Gasteiger partial charge in [-0.25, -0.2) is 0 Å². The first kappa shape index (κ1) is 13.5. The molecule has 1 aliphatic carbocycles. The molecular formula is C13H15ClF3N. The van der Waals surface area contributed by atoms with Crippen LogP contribution in [0, 0.1) is 5.92 Å². The molecule has 100 valence electrons. The topological polar surface area (TPSA) is 12.0 Å². The summed E-state index contributed by atoms with van der Waals surface area (Å²) < 4.78 is 37.9. The van der Waals surface area contributed by atoms with Crippen molar-refractivity contribution in [2.75, 3.05) is 5.32 Å². The molecule has 0 aromatic heterocycles. The second-order valence-corrected chi connectivity index (χ2v) is 5.42. The molecule has 1 nitrogen and oxygen atoms in total. The van der Waals surface area contributed by atoms with E-state index in [4.69, 9.17) is 11.6 Å². The number of hydrogen-bond acceptors (Lipinski definition) is 1. The van der Waals surface area contributed by atoms with Gasteiger partial charge in [-0.15, -0.1) is 0 Å². The fourth-order valence-electron chi connectivity index (χ4n) is 2.41. The Morgan fingerprint density at radius 2 is 1.94 bits per heavy atom. The van der Waals surface area contributed by atoms with Crippen molar-refractivity contribution in [1.29, 1.82) is 0 Å². The maximum Gasteiger partial charge on any atom is 0.416 e. The van der Waals surface area contributed by atoms with Crippen LogP contribution < -0.4 is 5.32 Å². The van der Waals surface area contributed by atoms with Gasteiger partial charge in [0.1, 0.15) is 0 Å². The van der Waals surface area contributed by atoms with Crippen molar-refractivity contribution in [1.82, 2.24) is 0 Å². The summed E-state index contributed by atoms with van der Waals surface area (Å²) in [7, 11) is 0. The van der Waals surface area contributed by atoms with Crippen LogP contribution in [0.2, 0.25) is 5.02 Å². The van der Waals surface area contributed by atoms with E-state index in [0.29, 0.717) is 11.6 Å². The van der Waals surface area contributed by atoms with Crippen molar-refractivity contribution in [3.05, 3.63) is 28.8 Å². The molecule has 2 atom stereocenters. The average Bonchev–Trinajstić information content (AvgIpc) is 2.61. The molecule has 2 rings (SSSR count). The lowest BCUT2D eigenvalue weighted by atomic mass is 10.1. The summed E-state index contributed by atoms with van der Waals surface area (Å²) in [6.45, 7) is 2.15. The van der Waals surface area contributed by atoms with Gasteiger partial charge in [-0.2, -0.15) is 13.2 Å². The fourth-order valence-corrected chi connectivity index (χ4v) is 2.65. The van der Waals surface area contributed by atoms with Crippen molar-refractivity contribution in [2.24, 2.45) is 5.92 Å². The minimum atomic E-state index is -4.36. The zero-order valence-corrected chi connectivity index (χ0v) is 10.8. The number of halogens is 4. The minimum absolute atomic E-state index is 0.110. The van der Waals surface area contributed by atoms with Crippen LogP contribution in [0.3, 0.4) is 0 Å². The van der Waals surface area contributed by atoms with Crippen molar-refractivity contribution in [2.45, 2.75) is 38.4 Å². The van der Waals surface area contributed by atoms with Gasteiger partial charge in [-0.05, 0) is 43.4 Å². The van der Waals surface area contributed by atoms with Gasteiger partial charge >= 0.3 is 6.18 Å². The van der Waals surface area contributed by atoms with Gasteiger partial charge in [0.05, 0.1) is 5.56 Å². The Bertz CT molecular complexity index is 431. The lowest BCUT2D eigenvalue weighted by Gasteiger charge is -2.16. The summed E-state index contributed by atoms with van der Waals surface area (Å²) in [6, 6.07) is 3.86. The third-order valence-corrected chi connectivity index (χ3v) is 3.51. The van der Waals surface area contributed by atoms with E-state index < -0.39 is 11.7 Å². The SMILES string of the molecule is CC1CCC(Nc2cc(Cl)cc(C(F)(F)F)c2)C1. The van der Waals surface area contributed by atoms with E-state index >= 15 is 0 Å². The second kappa shape index (κ2) is 5.00. The molecule has 2 unspecified atom stereocenters. The van der Waals surface area contributed by atoms with Gasteiger partial charge < -0.3 is 5.32 Å². The molecule has 0 aliphatic heterocycles. The molecule has 1 fully saturated rings. The highest BCUT2D eigenvalue weighted by Gasteiger charge is 2.31. The molecule has 0 radical (unpaired) electrons. The van der Waals surface area contributed by atoms with Gasteiger partial charge in [-0.1, -0.05) is 18.5 Å². The molecule has 0 amide bonds. The largest absolute Gasteiger partial charge is 0.416 e. The van der Waals surface area contributed by atoms with Crippen LogP contribution in [0.5, 0.6) is 0 Å². The normalized spacial score (nSPS) is 24.3. The maximum absolute atomic E-state index is 12.6. The summed E-state index contributed by atoms with van der Waals surface area (Å²) >= 11 is 5.73. The highest BCUT2D eigenvalue weighted by atomic mass is 35.5. The monoisotopic (exact) mass is 277 g/mol. The Morgan fingerprint density at radius 1 is 1.22 bits per heavy atom. The first-order valence-electron chi connectivity index (χ1n) is 5.99. The van der Waals surface area contributed by atoms with E-state index in [1.807, 2.05) is 0 Å². The molecule has 1 aliphatic rings. The predicted octanol–water partition coefficient (Wildman–Crippen LogP) is 4.96. The van der Waals surface area contributed by atoms with Gasteiger partial charge in [0.15, 0.2) is 0 Å². The highest BCUT2D eigenvalue weighted by Crippen LogP contribution is 2.34. The molecule has 1 aromatic rings. The Labute approximate surface area is 109 Å². The standard InChI is InChI=1S/C13H15ClF3N/c1-8-2-3-11(4-8)18-12-6-9(13(15,16)17)5-10(14)7-12/h5-8,11,18H,2-4H2,1H3. The van der Waals surface area contributed by atoms with Crippen LogP contribution in [0.1, 0.15) is 31.7 Å². The first-order valence-corrected chi connectivity index (χ1v) is 6.36. The van der Waals surface area contributed by atoms with E-state index in [-0.39, 0.29) is 11.1 Å². The molecule has 1 N–H and O–H groups in total. The molecule has 0 spiro atoms. The first-order chi connectivity index (χ1) is 8.34. The highest BCUT2D eigenvalue weighted by molar-refractivity contribution is 6.30. The van der Waals surface area contributed by atoms with E-state index in [0.717, 1.165) is 31.4 Å². The lowest BCUT2D eigenvalue weighted by Crippen LogP contribution is -2.16. The fraction of sp³-hybridized carbons (Fsp3) is 0.538. The van der Waals surface area contributed by atoms with Crippen LogP contribution in [-0.2, 0) is 6.18 Å². The Hall–Kier alpha value is -0.900. The Kier molecular flexibility index (Phi) is 3.76. The number of alkyl halides is 3. The average molecular weight is 278 g/mol. The Morgan fingerprint density at radius 3 is 2.50 bits per heavy atom. The summed E-state index contributed by atoms with van der Waals surface area (Å²) in [4.78, 5) is 0. The van der Waals surface area contributed by atoms with E-state index in [2.05, 4.69) is 12.2 Å². The van der Waals surface area contributed by atoms with Gasteiger partial charge in [-0.3, -0.25) is 0 Å². The summed E-state index contributed by atoms with van der Waals surface area (Å²) in [6.07, 6.45) is -1.25. The van der Waals surface area contributed by atoms with Gasteiger partial charge in [0.2, 0.25) is 0 Å². The van der Waals surface area contributed by atoms with E-state index in [1.165, 1.54) is 0 Å². The maximum atomic E-state index is 12.6. The van der Waals surface area contributed by atoms with Gasteiger partial charge in [0.25, 0.3) is 0 Å². The van der Waals surface area contributed by atoms with Crippen molar-refractivity contribution in [3.8, 4) is 0 Å². The molecular weight excluding hydrogens is 263 g/mol. The third-order valence-electron chi connectivity index (χ3n) is 3.29. The summed E-state index contributed by atoms with van der Waals surface area (Å²) in [5, 5.41) is 3.25. The number of nitrogens with one attached hydrogen (secondary N) is 1. The number of hydrogen-bond donors (Lipinski definition) is 1. The molecule has 18 heavy (non-hydrogen) atoms. The lowest BCUT2D eigenvalue weighted by molar-refractivity contribution is -0.137. The van der Waals surface area contributed by atoms with Crippen molar-refractivity contribution in [3.63, 3.8) is 0 Å². The van der Waals surface area contributed by atoms with Crippen LogP contribution in [0.15, 0.2) is 18.2 Å². The van der Waals surface area contributed by atoms with Gasteiger partial charge in [0, 0.05) is 16.8 Å².